The van der Waals surface area contributed by atoms with E-state index in [4.69, 9.17) is 4.74 Å². The summed E-state index contributed by atoms with van der Waals surface area (Å²) in [6.45, 7) is 7.50. The monoisotopic (exact) mass is 353 g/mol. The van der Waals surface area contributed by atoms with Crippen molar-refractivity contribution in [1.29, 1.82) is 0 Å². The van der Waals surface area contributed by atoms with E-state index in [1.54, 1.807) is 6.21 Å². The zero-order chi connectivity index (χ0) is 18.6. The fraction of sp³-hybridized carbons (Fsp3) is 0.429. The lowest BCUT2D eigenvalue weighted by Gasteiger charge is -2.23. The first-order chi connectivity index (χ1) is 12.4. The van der Waals surface area contributed by atoms with E-state index < -0.39 is 11.7 Å². The minimum Gasteiger partial charge on any atom is -0.444 e. The van der Waals surface area contributed by atoms with Gasteiger partial charge in [0.05, 0.1) is 12.3 Å². The minimum atomic E-state index is -0.538. The Kier molecular flexibility index (Phi) is 5.45. The van der Waals surface area contributed by atoms with Gasteiger partial charge >= 0.3 is 6.09 Å². The molecular formula is C21H27N3O2. The van der Waals surface area contributed by atoms with Gasteiger partial charge < -0.3 is 10.1 Å². The molecule has 1 amide bonds. The van der Waals surface area contributed by atoms with Gasteiger partial charge in [0.15, 0.2) is 0 Å². The Morgan fingerprint density at radius 3 is 2.54 bits per heavy atom. The van der Waals surface area contributed by atoms with Gasteiger partial charge in [-0.05, 0) is 56.0 Å². The van der Waals surface area contributed by atoms with Crippen molar-refractivity contribution in [3.05, 3.63) is 48.0 Å². The molecule has 0 radical (unpaired) electrons. The number of carbonyl (C=O) groups excluding carboxylic acids is 1. The van der Waals surface area contributed by atoms with Gasteiger partial charge in [-0.1, -0.05) is 36.4 Å². The number of ether oxygens (including phenoxy) is 1. The highest BCUT2D eigenvalue weighted by atomic mass is 16.6. The maximum absolute atomic E-state index is 12.3. The SMILES string of the molecule is CC(C)(C)OC(=O)N[C@H](/C=N/N1CCCC1)c1ccc2ccccc2c1. The van der Waals surface area contributed by atoms with E-state index in [1.807, 2.05) is 44.0 Å². The summed E-state index contributed by atoms with van der Waals surface area (Å²) >= 11 is 0. The molecule has 1 heterocycles. The molecule has 5 nitrogen and oxygen atoms in total. The van der Waals surface area contributed by atoms with Gasteiger partial charge in [-0.25, -0.2) is 4.79 Å². The van der Waals surface area contributed by atoms with Crippen LogP contribution in [0.1, 0.15) is 45.2 Å². The molecule has 26 heavy (non-hydrogen) atoms. The quantitative estimate of drug-likeness (QED) is 0.824. The Morgan fingerprint density at radius 1 is 1.15 bits per heavy atom. The van der Waals surface area contributed by atoms with Crippen LogP contribution in [0.25, 0.3) is 10.8 Å². The summed E-state index contributed by atoms with van der Waals surface area (Å²) in [5.41, 5.74) is 0.446. The second-order valence-corrected chi connectivity index (χ2v) is 7.66. The molecule has 0 unspecified atom stereocenters. The third kappa shape index (κ3) is 4.97. The van der Waals surface area contributed by atoms with Crippen LogP contribution in [0, 0.1) is 0 Å². The van der Waals surface area contributed by atoms with Crippen LogP contribution in [0.2, 0.25) is 0 Å². The number of benzene rings is 2. The lowest BCUT2D eigenvalue weighted by molar-refractivity contribution is 0.0518. The topological polar surface area (TPSA) is 53.9 Å². The Labute approximate surface area is 155 Å². The highest BCUT2D eigenvalue weighted by Crippen LogP contribution is 2.21. The second-order valence-electron chi connectivity index (χ2n) is 7.66. The third-order valence-corrected chi connectivity index (χ3v) is 4.27. The molecular weight excluding hydrogens is 326 g/mol. The average molecular weight is 353 g/mol. The summed E-state index contributed by atoms with van der Waals surface area (Å²) in [4.78, 5) is 12.3. The molecule has 1 atom stereocenters. The number of amides is 1. The summed E-state index contributed by atoms with van der Waals surface area (Å²) in [6.07, 6.45) is 3.69. The van der Waals surface area contributed by atoms with Crippen LogP contribution < -0.4 is 5.32 Å². The molecule has 0 saturated carbocycles. The molecule has 0 spiro atoms. The summed E-state index contributed by atoms with van der Waals surface area (Å²) in [5, 5.41) is 11.9. The van der Waals surface area contributed by atoms with Gasteiger partial charge in [-0.15, -0.1) is 0 Å². The Bertz CT molecular complexity index is 789. The zero-order valence-electron chi connectivity index (χ0n) is 15.7. The van der Waals surface area contributed by atoms with Crippen molar-refractivity contribution < 1.29 is 9.53 Å². The normalized spacial score (nSPS) is 16.2. The molecule has 1 N–H and O–H groups in total. The molecule has 1 saturated heterocycles. The lowest BCUT2D eigenvalue weighted by atomic mass is 10.0. The Morgan fingerprint density at radius 2 is 1.85 bits per heavy atom. The van der Waals surface area contributed by atoms with Gasteiger partial charge in [0.1, 0.15) is 5.60 Å². The van der Waals surface area contributed by atoms with E-state index >= 15 is 0 Å². The van der Waals surface area contributed by atoms with Crippen molar-refractivity contribution in [2.75, 3.05) is 13.1 Å². The van der Waals surface area contributed by atoms with Crippen molar-refractivity contribution in [3.63, 3.8) is 0 Å². The van der Waals surface area contributed by atoms with E-state index in [-0.39, 0.29) is 6.04 Å². The second kappa shape index (κ2) is 7.77. The van der Waals surface area contributed by atoms with E-state index in [9.17, 15) is 4.79 Å². The molecule has 0 aromatic heterocycles. The predicted octanol–water partition coefficient (Wildman–Crippen LogP) is 4.49. The molecule has 2 aromatic carbocycles. The highest BCUT2D eigenvalue weighted by molar-refractivity contribution is 5.85. The fourth-order valence-electron chi connectivity index (χ4n) is 3.02. The van der Waals surface area contributed by atoms with Crippen LogP contribution in [-0.4, -0.2) is 36.0 Å². The first kappa shape index (κ1) is 18.2. The summed E-state index contributed by atoms with van der Waals surface area (Å²) in [6, 6.07) is 14.0. The molecule has 138 valence electrons. The largest absolute Gasteiger partial charge is 0.444 e. The zero-order valence-corrected chi connectivity index (χ0v) is 15.7. The first-order valence-corrected chi connectivity index (χ1v) is 9.18. The molecule has 5 heteroatoms. The van der Waals surface area contributed by atoms with Crippen molar-refractivity contribution in [1.82, 2.24) is 10.3 Å². The molecule has 2 aromatic rings. The van der Waals surface area contributed by atoms with Crippen LogP contribution in [0.4, 0.5) is 4.79 Å². The molecule has 1 aliphatic heterocycles. The average Bonchev–Trinajstić information content (AvgIpc) is 3.10. The van der Waals surface area contributed by atoms with Gasteiger partial charge in [-0.3, -0.25) is 5.01 Å². The van der Waals surface area contributed by atoms with Crippen LogP contribution in [-0.2, 0) is 4.74 Å². The first-order valence-electron chi connectivity index (χ1n) is 9.18. The Balaban J connectivity index is 1.83. The number of nitrogens with one attached hydrogen (secondary N) is 1. The molecule has 1 aliphatic rings. The van der Waals surface area contributed by atoms with Crippen molar-refractivity contribution in [2.45, 2.75) is 45.3 Å². The number of alkyl carbamates (subject to hydrolysis) is 1. The van der Waals surface area contributed by atoms with Gasteiger partial charge in [0.2, 0.25) is 0 Å². The number of hydrazone groups is 1. The number of nitrogens with zero attached hydrogens (tertiary/aromatic N) is 2. The lowest BCUT2D eigenvalue weighted by Crippen LogP contribution is -2.35. The summed E-state index contributed by atoms with van der Waals surface area (Å²) in [5.74, 6) is 0. The van der Waals surface area contributed by atoms with Crippen molar-refractivity contribution >= 4 is 23.1 Å². The maximum Gasteiger partial charge on any atom is 0.408 e. The molecule has 0 bridgehead atoms. The van der Waals surface area contributed by atoms with E-state index in [2.05, 4.69) is 34.7 Å². The number of carbonyl (C=O) groups is 1. The fourth-order valence-corrected chi connectivity index (χ4v) is 3.02. The minimum absolute atomic E-state index is 0.338. The maximum atomic E-state index is 12.3. The summed E-state index contributed by atoms with van der Waals surface area (Å²) in [7, 11) is 0. The van der Waals surface area contributed by atoms with E-state index in [0.717, 1.165) is 36.9 Å². The van der Waals surface area contributed by atoms with Gasteiger partial charge in [0.25, 0.3) is 0 Å². The van der Waals surface area contributed by atoms with E-state index in [0.29, 0.717) is 0 Å². The number of fused-ring (bicyclic) bond motifs is 1. The number of hydrogen-bond donors (Lipinski definition) is 1. The number of hydrogen-bond acceptors (Lipinski definition) is 4. The van der Waals surface area contributed by atoms with E-state index in [1.165, 1.54) is 5.39 Å². The van der Waals surface area contributed by atoms with Crippen molar-refractivity contribution in [3.8, 4) is 0 Å². The Hall–Kier alpha value is -2.56. The van der Waals surface area contributed by atoms with Crippen LogP contribution >= 0.6 is 0 Å². The standard InChI is InChI=1S/C21H27N3O2/c1-21(2,3)26-20(25)23-19(15-22-24-12-6-7-13-24)18-11-10-16-8-4-5-9-17(16)14-18/h4-5,8-11,14-15,19H,6-7,12-13H2,1-3H3,(H,23,25)/b22-15+/t19-/m1/s1. The molecule has 3 rings (SSSR count). The van der Waals surface area contributed by atoms with Gasteiger partial charge in [0, 0.05) is 13.1 Å². The summed E-state index contributed by atoms with van der Waals surface area (Å²) < 4.78 is 5.42. The highest BCUT2D eigenvalue weighted by Gasteiger charge is 2.20. The number of rotatable bonds is 4. The van der Waals surface area contributed by atoms with Gasteiger partial charge in [-0.2, -0.15) is 5.10 Å². The van der Waals surface area contributed by atoms with Crippen LogP contribution in [0.15, 0.2) is 47.6 Å². The van der Waals surface area contributed by atoms with Crippen LogP contribution in [0.3, 0.4) is 0 Å². The predicted molar refractivity (Wildman–Crippen MR) is 105 cm³/mol. The molecule has 1 fully saturated rings. The smallest absolute Gasteiger partial charge is 0.408 e. The molecule has 0 aliphatic carbocycles. The van der Waals surface area contributed by atoms with Crippen LogP contribution in [0.5, 0.6) is 0 Å². The third-order valence-electron chi connectivity index (χ3n) is 4.27. The van der Waals surface area contributed by atoms with Crippen molar-refractivity contribution in [2.24, 2.45) is 5.10 Å².